The molecule has 2 fully saturated rings. The van der Waals surface area contributed by atoms with E-state index in [0.29, 0.717) is 0 Å². The largest absolute Gasteiger partial charge is 0.306 e. The second kappa shape index (κ2) is 8.12. The van der Waals surface area contributed by atoms with E-state index in [1.165, 1.54) is 63.8 Å². The van der Waals surface area contributed by atoms with Crippen molar-refractivity contribution in [2.45, 2.75) is 32.1 Å². The lowest BCUT2D eigenvalue weighted by Gasteiger charge is -2.31. The molecular formula is C21H32N2. The van der Waals surface area contributed by atoms with E-state index in [2.05, 4.69) is 60.3 Å². The fraction of sp³-hybridized carbons (Fsp3) is 0.619. The van der Waals surface area contributed by atoms with Gasteiger partial charge < -0.3 is 9.80 Å². The minimum atomic E-state index is 0.771. The van der Waals surface area contributed by atoms with Crippen molar-refractivity contribution in [3.63, 3.8) is 0 Å². The van der Waals surface area contributed by atoms with Gasteiger partial charge in [-0.15, -0.1) is 0 Å². The highest BCUT2D eigenvalue weighted by molar-refractivity contribution is 5.66. The predicted octanol–water partition coefficient (Wildman–Crippen LogP) is 4.14. The molecule has 0 spiro atoms. The maximum absolute atomic E-state index is 2.63. The molecule has 2 nitrogen and oxygen atoms in total. The van der Waals surface area contributed by atoms with E-state index in [9.17, 15) is 0 Å². The predicted molar refractivity (Wildman–Crippen MR) is 99.5 cm³/mol. The smallest absolute Gasteiger partial charge is 0.00162 e. The third kappa shape index (κ3) is 4.92. The molecule has 2 saturated heterocycles. The molecule has 0 radical (unpaired) electrons. The van der Waals surface area contributed by atoms with Crippen molar-refractivity contribution in [2.24, 2.45) is 11.8 Å². The molecule has 1 aromatic rings. The minimum Gasteiger partial charge on any atom is -0.306 e. The van der Waals surface area contributed by atoms with Crippen molar-refractivity contribution >= 4 is 5.57 Å². The maximum Gasteiger partial charge on any atom is -0.00162 e. The van der Waals surface area contributed by atoms with E-state index in [-0.39, 0.29) is 0 Å². The van der Waals surface area contributed by atoms with Crippen molar-refractivity contribution in [3.05, 3.63) is 42.0 Å². The highest BCUT2D eigenvalue weighted by Crippen LogP contribution is 2.31. The molecule has 0 saturated carbocycles. The molecule has 0 amide bonds. The lowest BCUT2D eigenvalue weighted by atomic mass is 9.84. The summed E-state index contributed by atoms with van der Waals surface area (Å²) in [6, 6.07) is 11.1. The van der Waals surface area contributed by atoms with Gasteiger partial charge in [0.15, 0.2) is 0 Å². The third-order valence-electron chi connectivity index (χ3n) is 5.69. The Kier molecular flexibility index (Phi) is 5.91. The summed E-state index contributed by atoms with van der Waals surface area (Å²) in [4.78, 5) is 4.93. The van der Waals surface area contributed by atoms with Gasteiger partial charge in [0.25, 0.3) is 0 Å². The molecular weight excluding hydrogens is 280 g/mol. The fourth-order valence-corrected chi connectivity index (χ4v) is 3.99. The SMILES string of the molecule is CN1CCC(/C=C(/CC2CCN(C)CC2)c2ccccc2)CC1. The number of nitrogens with zero attached hydrogens (tertiary/aromatic N) is 2. The van der Waals surface area contributed by atoms with Crippen molar-refractivity contribution < 1.29 is 0 Å². The summed E-state index contributed by atoms with van der Waals surface area (Å²) in [6.45, 7) is 5.02. The number of allylic oxidation sites excluding steroid dienone is 2. The normalized spacial score (nSPS) is 23.3. The van der Waals surface area contributed by atoms with E-state index in [1.54, 1.807) is 5.57 Å². The van der Waals surface area contributed by atoms with Crippen LogP contribution in [-0.2, 0) is 0 Å². The van der Waals surface area contributed by atoms with Crippen LogP contribution in [0.15, 0.2) is 36.4 Å². The zero-order valence-electron chi connectivity index (χ0n) is 14.9. The lowest BCUT2D eigenvalue weighted by Crippen LogP contribution is -2.30. The first kappa shape index (κ1) is 16.7. The van der Waals surface area contributed by atoms with Crippen LogP contribution in [0.1, 0.15) is 37.7 Å². The van der Waals surface area contributed by atoms with Gasteiger partial charge >= 0.3 is 0 Å². The van der Waals surface area contributed by atoms with Gasteiger partial charge in [0, 0.05) is 0 Å². The van der Waals surface area contributed by atoms with Crippen molar-refractivity contribution in [1.29, 1.82) is 0 Å². The van der Waals surface area contributed by atoms with E-state index in [1.807, 2.05) is 0 Å². The summed E-state index contributed by atoms with van der Waals surface area (Å²) in [5.74, 6) is 1.64. The third-order valence-corrected chi connectivity index (χ3v) is 5.69. The van der Waals surface area contributed by atoms with Gasteiger partial charge in [-0.25, -0.2) is 0 Å². The molecule has 3 rings (SSSR count). The zero-order valence-corrected chi connectivity index (χ0v) is 14.9. The van der Waals surface area contributed by atoms with Crippen molar-refractivity contribution in [1.82, 2.24) is 9.80 Å². The Hall–Kier alpha value is -1.12. The zero-order chi connectivity index (χ0) is 16.1. The number of hydrogen-bond donors (Lipinski definition) is 0. The molecule has 2 aliphatic heterocycles. The molecule has 2 heteroatoms. The van der Waals surface area contributed by atoms with E-state index >= 15 is 0 Å². The van der Waals surface area contributed by atoms with Crippen LogP contribution >= 0.6 is 0 Å². The highest BCUT2D eigenvalue weighted by atomic mass is 15.1. The first-order valence-electron chi connectivity index (χ1n) is 9.34. The second-order valence-corrected chi connectivity index (χ2v) is 7.65. The Morgan fingerprint density at radius 2 is 1.48 bits per heavy atom. The Labute approximate surface area is 142 Å². The standard InChI is InChI=1S/C21H32N2/c1-22-12-8-18(9-13-22)16-21(20-6-4-3-5-7-20)17-19-10-14-23(2)15-11-19/h3-7,16,18-19H,8-15,17H2,1-2H3/b21-16-. The molecule has 126 valence electrons. The van der Waals surface area contributed by atoms with Crippen LogP contribution in [0.2, 0.25) is 0 Å². The summed E-state index contributed by atoms with van der Waals surface area (Å²) < 4.78 is 0. The molecule has 2 heterocycles. The summed E-state index contributed by atoms with van der Waals surface area (Å²) in [6.07, 6.45) is 9.24. The summed E-state index contributed by atoms with van der Waals surface area (Å²) in [7, 11) is 4.50. The van der Waals surface area contributed by atoms with Gasteiger partial charge in [-0.1, -0.05) is 36.4 Å². The van der Waals surface area contributed by atoms with Gasteiger partial charge in [-0.3, -0.25) is 0 Å². The van der Waals surface area contributed by atoms with Crippen LogP contribution in [0.25, 0.3) is 5.57 Å². The fourth-order valence-electron chi connectivity index (χ4n) is 3.99. The maximum atomic E-state index is 2.63. The summed E-state index contributed by atoms with van der Waals surface area (Å²) >= 11 is 0. The Morgan fingerprint density at radius 1 is 0.913 bits per heavy atom. The molecule has 2 aliphatic rings. The highest BCUT2D eigenvalue weighted by Gasteiger charge is 2.20. The van der Waals surface area contributed by atoms with Crippen LogP contribution in [0.5, 0.6) is 0 Å². The van der Waals surface area contributed by atoms with Gasteiger partial charge in [0.05, 0.1) is 0 Å². The molecule has 1 aromatic carbocycles. The Bertz CT molecular complexity index is 492. The molecule has 0 atom stereocenters. The monoisotopic (exact) mass is 312 g/mol. The van der Waals surface area contributed by atoms with Crippen LogP contribution in [0.3, 0.4) is 0 Å². The topological polar surface area (TPSA) is 6.48 Å². The van der Waals surface area contributed by atoms with Crippen LogP contribution in [-0.4, -0.2) is 50.1 Å². The van der Waals surface area contributed by atoms with E-state index in [0.717, 1.165) is 11.8 Å². The molecule has 0 aliphatic carbocycles. The van der Waals surface area contributed by atoms with E-state index in [4.69, 9.17) is 0 Å². The minimum absolute atomic E-state index is 0.771. The summed E-state index contributed by atoms with van der Waals surface area (Å²) in [5, 5.41) is 0. The Balaban J connectivity index is 1.71. The number of hydrogen-bond acceptors (Lipinski definition) is 2. The first-order valence-corrected chi connectivity index (χ1v) is 9.34. The van der Waals surface area contributed by atoms with Gasteiger partial charge in [-0.05, 0) is 95.4 Å². The average molecular weight is 313 g/mol. The van der Waals surface area contributed by atoms with Gasteiger partial charge in [0.2, 0.25) is 0 Å². The number of rotatable bonds is 4. The second-order valence-electron chi connectivity index (χ2n) is 7.65. The number of benzene rings is 1. The van der Waals surface area contributed by atoms with Crippen LogP contribution in [0, 0.1) is 11.8 Å². The summed E-state index contributed by atoms with van der Waals surface area (Å²) in [5.41, 5.74) is 3.06. The molecule has 0 unspecified atom stereocenters. The van der Waals surface area contributed by atoms with Gasteiger partial charge in [-0.2, -0.15) is 0 Å². The van der Waals surface area contributed by atoms with Crippen LogP contribution < -0.4 is 0 Å². The Morgan fingerprint density at radius 3 is 2.09 bits per heavy atom. The molecule has 23 heavy (non-hydrogen) atoms. The number of likely N-dealkylation sites (tertiary alicyclic amines) is 2. The average Bonchev–Trinajstić information content (AvgIpc) is 2.59. The van der Waals surface area contributed by atoms with Crippen molar-refractivity contribution in [2.75, 3.05) is 40.3 Å². The number of piperidine rings is 2. The van der Waals surface area contributed by atoms with E-state index < -0.39 is 0 Å². The molecule has 0 bridgehead atoms. The quantitative estimate of drug-likeness (QED) is 0.824. The van der Waals surface area contributed by atoms with Crippen molar-refractivity contribution in [3.8, 4) is 0 Å². The van der Waals surface area contributed by atoms with Crippen LogP contribution in [0.4, 0.5) is 0 Å². The molecule has 0 aromatic heterocycles. The van der Waals surface area contributed by atoms with Gasteiger partial charge in [0.1, 0.15) is 0 Å². The first-order chi connectivity index (χ1) is 11.2. The molecule has 0 N–H and O–H groups in total. The lowest BCUT2D eigenvalue weighted by molar-refractivity contribution is 0.221.